The molecule has 90 valence electrons. The Labute approximate surface area is 100 Å². The van der Waals surface area contributed by atoms with E-state index >= 15 is 0 Å². The fourth-order valence-corrected chi connectivity index (χ4v) is 1.86. The lowest BCUT2D eigenvalue weighted by molar-refractivity contribution is -0.119. The third kappa shape index (κ3) is 2.64. The monoisotopic (exact) mass is 232 g/mol. The van der Waals surface area contributed by atoms with Crippen LogP contribution in [-0.2, 0) is 4.79 Å². The van der Waals surface area contributed by atoms with Gasteiger partial charge in [0.15, 0.2) is 0 Å². The van der Waals surface area contributed by atoms with Gasteiger partial charge in [0.25, 0.3) is 5.91 Å². The van der Waals surface area contributed by atoms with E-state index in [0.29, 0.717) is 18.5 Å². The van der Waals surface area contributed by atoms with Crippen LogP contribution in [0.15, 0.2) is 18.2 Å². The van der Waals surface area contributed by atoms with E-state index < -0.39 is 0 Å². The van der Waals surface area contributed by atoms with Crippen molar-refractivity contribution in [2.24, 2.45) is 0 Å². The van der Waals surface area contributed by atoms with Gasteiger partial charge in [-0.05, 0) is 37.1 Å². The molecule has 0 aromatic heterocycles. The molecule has 1 unspecified atom stereocenters. The van der Waals surface area contributed by atoms with Crippen molar-refractivity contribution >= 4 is 11.8 Å². The summed E-state index contributed by atoms with van der Waals surface area (Å²) in [6, 6.07) is 5.52. The standard InChI is InChI=1S/C13H16N2O2/c1-8-3-4-10(5-9(8)2)13(17)15-11-6-12(16)14-7-11/h3-5,11H,6-7H2,1-2H3,(H,14,16)(H,15,17). The Morgan fingerprint density at radius 1 is 1.35 bits per heavy atom. The first-order valence-electron chi connectivity index (χ1n) is 5.71. The van der Waals surface area contributed by atoms with Gasteiger partial charge in [-0.3, -0.25) is 9.59 Å². The fourth-order valence-electron chi connectivity index (χ4n) is 1.86. The number of hydrogen-bond acceptors (Lipinski definition) is 2. The van der Waals surface area contributed by atoms with Crippen molar-refractivity contribution < 1.29 is 9.59 Å². The minimum absolute atomic E-state index is 0.00427. The van der Waals surface area contributed by atoms with Crippen molar-refractivity contribution in [3.05, 3.63) is 34.9 Å². The van der Waals surface area contributed by atoms with E-state index in [2.05, 4.69) is 10.6 Å². The lowest BCUT2D eigenvalue weighted by atomic mass is 10.1. The molecule has 0 spiro atoms. The predicted octanol–water partition coefficient (Wildman–Crippen LogP) is 0.922. The number of benzene rings is 1. The van der Waals surface area contributed by atoms with Gasteiger partial charge in [-0.2, -0.15) is 0 Å². The minimum Gasteiger partial charge on any atom is -0.354 e. The SMILES string of the molecule is Cc1ccc(C(=O)NC2CNC(=O)C2)cc1C. The molecular formula is C13H16N2O2. The van der Waals surface area contributed by atoms with Crippen LogP contribution in [0.25, 0.3) is 0 Å². The molecule has 0 aliphatic carbocycles. The van der Waals surface area contributed by atoms with Gasteiger partial charge in [0, 0.05) is 18.5 Å². The van der Waals surface area contributed by atoms with Crippen LogP contribution in [0.1, 0.15) is 27.9 Å². The molecule has 1 heterocycles. The number of carbonyl (C=O) groups is 2. The number of aryl methyl sites for hydroxylation is 2. The molecule has 17 heavy (non-hydrogen) atoms. The van der Waals surface area contributed by atoms with Gasteiger partial charge in [-0.15, -0.1) is 0 Å². The van der Waals surface area contributed by atoms with Gasteiger partial charge in [-0.1, -0.05) is 6.07 Å². The largest absolute Gasteiger partial charge is 0.354 e. The summed E-state index contributed by atoms with van der Waals surface area (Å²) in [6.45, 7) is 4.51. The van der Waals surface area contributed by atoms with Crippen molar-refractivity contribution in [2.75, 3.05) is 6.54 Å². The zero-order valence-corrected chi connectivity index (χ0v) is 10.0. The topological polar surface area (TPSA) is 58.2 Å². The minimum atomic E-state index is -0.116. The van der Waals surface area contributed by atoms with E-state index in [1.165, 1.54) is 5.56 Å². The van der Waals surface area contributed by atoms with Crippen LogP contribution in [0, 0.1) is 13.8 Å². The maximum Gasteiger partial charge on any atom is 0.251 e. The van der Waals surface area contributed by atoms with Gasteiger partial charge in [0.1, 0.15) is 0 Å². The Balaban J connectivity index is 2.04. The van der Waals surface area contributed by atoms with Gasteiger partial charge in [-0.25, -0.2) is 0 Å². The molecule has 0 radical (unpaired) electrons. The summed E-state index contributed by atoms with van der Waals surface area (Å²) in [5.41, 5.74) is 2.91. The van der Waals surface area contributed by atoms with Gasteiger partial charge in [0.05, 0.1) is 6.04 Å². The molecule has 4 heteroatoms. The molecular weight excluding hydrogens is 216 g/mol. The zero-order valence-electron chi connectivity index (χ0n) is 10.0. The van der Waals surface area contributed by atoms with Crippen LogP contribution >= 0.6 is 0 Å². The molecule has 1 aromatic rings. The van der Waals surface area contributed by atoms with Crippen molar-refractivity contribution in [1.29, 1.82) is 0 Å². The molecule has 1 aromatic carbocycles. The maximum absolute atomic E-state index is 11.9. The third-order valence-electron chi connectivity index (χ3n) is 3.08. The van der Waals surface area contributed by atoms with E-state index in [1.54, 1.807) is 0 Å². The van der Waals surface area contributed by atoms with E-state index in [9.17, 15) is 9.59 Å². The number of amides is 2. The highest BCUT2D eigenvalue weighted by Gasteiger charge is 2.23. The summed E-state index contributed by atoms with van der Waals surface area (Å²) in [5.74, 6) is -0.120. The number of hydrogen-bond donors (Lipinski definition) is 2. The Hall–Kier alpha value is -1.84. The molecule has 2 amide bonds. The fraction of sp³-hybridized carbons (Fsp3) is 0.385. The Morgan fingerprint density at radius 2 is 2.12 bits per heavy atom. The van der Waals surface area contributed by atoms with Crippen LogP contribution < -0.4 is 10.6 Å². The lowest BCUT2D eigenvalue weighted by Crippen LogP contribution is -2.36. The van der Waals surface area contributed by atoms with Gasteiger partial charge < -0.3 is 10.6 Å². The average Bonchev–Trinajstić information content (AvgIpc) is 2.68. The predicted molar refractivity (Wildman–Crippen MR) is 64.8 cm³/mol. The summed E-state index contributed by atoms with van der Waals surface area (Å²) in [5, 5.41) is 5.54. The van der Waals surface area contributed by atoms with E-state index in [0.717, 1.165) is 5.56 Å². The van der Waals surface area contributed by atoms with Gasteiger partial charge >= 0.3 is 0 Å². The number of carbonyl (C=O) groups excluding carboxylic acids is 2. The molecule has 0 bridgehead atoms. The Bertz CT molecular complexity index is 468. The lowest BCUT2D eigenvalue weighted by Gasteiger charge is -2.11. The molecule has 2 N–H and O–H groups in total. The maximum atomic E-state index is 11.9. The van der Waals surface area contributed by atoms with Crippen LogP contribution in [0.5, 0.6) is 0 Å². The Kier molecular flexibility index (Phi) is 3.13. The first kappa shape index (κ1) is 11.6. The summed E-state index contributed by atoms with van der Waals surface area (Å²) in [6.07, 6.45) is 0.372. The summed E-state index contributed by atoms with van der Waals surface area (Å²) in [4.78, 5) is 22.9. The third-order valence-corrected chi connectivity index (χ3v) is 3.08. The number of nitrogens with one attached hydrogen (secondary N) is 2. The summed E-state index contributed by atoms with van der Waals surface area (Å²) < 4.78 is 0. The molecule has 4 nitrogen and oxygen atoms in total. The van der Waals surface area contributed by atoms with Crippen molar-refractivity contribution in [2.45, 2.75) is 26.3 Å². The zero-order chi connectivity index (χ0) is 12.4. The van der Waals surface area contributed by atoms with E-state index in [-0.39, 0.29) is 17.9 Å². The second-order valence-corrected chi connectivity index (χ2v) is 4.48. The van der Waals surface area contributed by atoms with Crippen LogP contribution in [0.4, 0.5) is 0 Å². The average molecular weight is 232 g/mol. The summed E-state index contributed by atoms with van der Waals surface area (Å²) >= 11 is 0. The Morgan fingerprint density at radius 3 is 2.71 bits per heavy atom. The van der Waals surface area contributed by atoms with E-state index in [1.807, 2.05) is 32.0 Å². The van der Waals surface area contributed by atoms with Crippen molar-refractivity contribution in [1.82, 2.24) is 10.6 Å². The van der Waals surface area contributed by atoms with Crippen LogP contribution in [-0.4, -0.2) is 24.4 Å². The molecule has 0 saturated carbocycles. The first-order chi connectivity index (χ1) is 8.06. The van der Waals surface area contributed by atoms with Crippen molar-refractivity contribution in [3.8, 4) is 0 Å². The highest BCUT2D eigenvalue weighted by Crippen LogP contribution is 2.10. The van der Waals surface area contributed by atoms with Gasteiger partial charge in [0.2, 0.25) is 5.91 Å². The smallest absolute Gasteiger partial charge is 0.251 e. The normalized spacial score (nSPS) is 18.9. The molecule has 1 aliphatic heterocycles. The second-order valence-electron chi connectivity index (χ2n) is 4.48. The number of rotatable bonds is 2. The van der Waals surface area contributed by atoms with Crippen molar-refractivity contribution in [3.63, 3.8) is 0 Å². The molecule has 1 fully saturated rings. The highest BCUT2D eigenvalue weighted by atomic mass is 16.2. The quantitative estimate of drug-likeness (QED) is 0.796. The van der Waals surface area contributed by atoms with Crippen LogP contribution in [0.3, 0.4) is 0 Å². The molecule has 2 rings (SSSR count). The first-order valence-corrected chi connectivity index (χ1v) is 5.71. The molecule has 1 atom stereocenters. The summed E-state index contributed by atoms with van der Waals surface area (Å²) in [7, 11) is 0. The van der Waals surface area contributed by atoms with Crippen LogP contribution in [0.2, 0.25) is 0 Å². The second kappa shape index (κ2) is 4.57. The molecule has 1 aliphatic rings. The van der Waals surface area contributed by atoms with E-state index in [4.69, 9.17) is 0 Å². The molecule has 1 saturated heterocycles. The highest BCUT2D eigenvalue weighted by molar-refractivity contribution is 5.95.